The zero-order valence-corrected chi connectivity index (χ0v) is 33.3. The Morgan fingerprint density at radius 2 is 1.09 bits per heavy atom. The summed E-state index contributed by atoms with van der Waals surface area (Å²) in [6.45, 7) is 2.53. The first-order valence-electron chi connectivity index (χ1n) is 14.2. The third-order valence-corrected chi connectivity index (χ3v) is 5.79. The average Bonchev–Trinajstić information content (AvgIpc) is 2.97. The van der Waals surface area contributed by atoms with E-state index in [1.807, 2.05) is 0 Å². The van der Waals surface area contributed by atoms with Crippen LogP contribution in [0.2, 0.25) is 0 Å². The number of carbonyl (C=O) groups is 2. The fourth-order valence-electron chi connectivity index (χ4n) is 3.31. The van der Waals surface area contributed by atoms with Crippen LogP contribution in [0.3, 0.4) is 0 Å². The molecule has 0 saturated carbocycles. The SMILES string of the molecule is CC#CC#CC#CC#CC#CC#CC#CC(=O)OC[C@H](COP(=O)([O-])[O-])OC(=O)CCCCCCCCCCCCCC.S.[HH].[HH].[HH].[HH].[HH].[HH].[HH].[HH].[HH].[HH].[HH].[HH].[HH].[Na+].[Na+]. The molecule has 0 spiro atoms. The normalized spacial score (nSPS) is 9.13. The van der Waals surface area contributed by atoms with E-state index in [1.165, 1.54) is 51.4 Å². The van der Waals surface area contributed by atoms with Gasteiger partial charge < -0.3 is 28.3 Å². The summed E-state index contributed by atoms with van der Waals surface area (Å²) >= 11 is 0. The van der Waals surface area contributed by atoms with Gasteiger partial charge in [0, 0.05) is 30.9 Å². The van der Waals surface area contributed by atoms with Gasteiger partial charge in [0.25, 0.3) is 0 Å². The van der Waals surface area contributed by atoms with Crippen molar-refractivity contribution < 1.29 is 116 Å². The van der Waals surface area contributed by atoms with Gasteiger partial charge >= 0.3 is 71.1 Å². The van der Waals surface area contributed by atoms with E-state index in [2.05, 4.69) is 94.3 Å². The van der Waals surface area contributed by atoms with Crippen LogP contribution in [0.4, 0.5) is 0 Å². The smallest absolute Gasteiger partial charge is 0.790 e. The number of hydrogen-bond donors (Lipinski definition) is 0. The molecule has 0 aliphatic carbocycles. The van der Waals surface area contributed by atoms with E-state index in [4.69, 9.17) is 9.47 Å². The first-order valence-corrected chi connectivity index (χ1v) is 15.7. The molecule has 0 bridgehead atoms. The predicted octanol–water partition coefficient (Wildman–Crippen LogP) is 0.740. The number of phosphoric ester groups is 1. The maximum absolute atomic E-state index is 12.2. The number of rotatable bonds is 19. The number of esters is 2. The Hall–Kier alpha value is -1.68. The summed E-state index contributed by atoms with van der Waals surface area (Å²) in [5.41, 5.74) is 0. The second kappa shape index (κ2) is 37.8. The summed E-state index contributed by atoms with van der Waals surface area (Å²) < 4.78 is 25.0. The van der Waals surface area contributed by atoms with E-state index >= 15 is 0 Å². The molecule has 0 aromatic carbocycles. The molecule has 0 radical (unpaired) electrons. The number of unbranched alkanes of at least 4 members (excludes halogenated alkanes) is 11. The Morgan fingerprint density at radius 3 is 1.52 bits per heavy atom. The van der Waals surface area contributed by atoms with E-state index in [0.29, 0.717) is 6.42 Å². The van der Waals surface area contributed by atoms with Crippen LogP contribution in [0.5, 0.6) is 0 Å². The molecule has 0 amide bonds. The maximum atomic E-state index is 12.2. The molecule has 0 aliphatic rings. The van der Waals surface area contributed by atoms with Crippen LogP contribution < -0.4 is 68.9 Å². The molecule has 0 saturated heterocycles. The Bertz CT molecular complexity index is 1410. The third kappa shape index (κ3) is 40.3. The van der Waals surface area contributed by atoms with Gasteiger partial charge in [0.1, 0.15) is 6.61 Å². The molecule has 0 N–H and O–H groups in total. The molecule has 0 unspecified atom stereocenters. The van der Waals surface area contributed by atoms with Crippen molar-refractivity contribution in [2.75, 3.05) is 13.2 Å². The van der Waals surface area contributed by atoms with E-state index in [-0.39, 0.29) is 97.6 Å². The van der Waals surface area contributed by atoms with Crippen LogP contribution in [0.15, 0.2) is 0 Å². The van der Waals surface area contributed by atoms with E-state index in [9.17, 15) is 23.9 Å². The molecule has 0 heterocycles. The van der Waals surface area contributed by atoms with Crippen molar-refractivity contribution in [3.8, 4) is 82.9 Å². The Balaban J connectivity index is -0.0000000735. The molecule has 46 heavy (non-hydrogen) atoms. The summed E-state index contributed by atoms with van der Waals surface area (Å²) in [5.74, 6) is 32.1. The first kappa shape index (κ1) is 51.2. The van der Waals surface area contributed by atoms with Crippen LogP contribution in [-0.2, 0) is 28.2 Å². The molecular weight excluding hydrogens is 645 g/mol. The standard InChI is InChI=1S/C34H39O8P.2Na.H2S.13H2/c1-3-5-7-9-11-13-15-17-19-20-22-24-26-28-33(35)40-30-32(31-41-43(37,38)39)42-34(36)29-27-25-23-21-18-16-14-12-10-8-6-4-2;;;;;;;;;;;;;;;;/h32H,4,6,8,10,12,14,16,18,21,23,25,27,29-31H2,1-2H3,(H2,37,38,39);;;1H2;13*1H/q;2*+1;;;;;;;;;;;;;;/p-2/t32-;;;;;;;;;;;;;;;;/m1................/s1. The summed E-state index contributed by atoms with van der Waals surface area (Å²) in [6.07, 6.45) is 12.5. The Morgan fingerprint density at radius 1 is 0.674 bits per heavy atom. The summed E-state index contributed by atoms with van der Waals surface area (Å²) in [4.78, 5) is 45.7. The van der Waals surface area contributed by atoms with Crippen LogP contribution in [0, 0.1) is 82.9 Å². The summed E-state index contributed by atoms with van der Waals surface area (Å²) in [6, 6.07) is 0. The molecular formula is C34H65Na2O8PS. The van der Waals surface area contributed by atoms with Gasteiger partial charge in [-0.25, -0.2) is 4.79 Å². The van der Waals surface area contributed by atoms with Crippen molar-refractivity contribution in [2.24, 2.45) is 0 Å². The van der Waals surface area contributed by atoms with E-state index < -0.39 is 39.1 Å². The quantitative estimate of drug-likeness (QED) is 0.0481. The fraction of sp³-hybridized carbons (Fsp3) is 0.529. The second-order valence-corrected chi connectivity index (χ2v) is 10.1. The minimum atomic E-state index is -5.32. The zero-order valence-electron chi connectivity index (χ0n) is 27.4. The molecule has 8 nitrogen and oxygen atoms in total. The zero-order chi connectivity index (χ0) is 31.9. The topological polar surface area (TPSA) is 125 Å². The van der Waals surface area contributed by atoms with Gasteiger partial charge in [-0.2, -0.15) is 13.5 Å². The van der Waals surface area contributed by atoms with E-state index in [0.717, 1.165) is 19.3 Å². The molecule has 0 aromatic rings. The largest absolute Gasteiger partial charge is 1.00 e. The number of carbonyl (C=O) groups excluding carboxylic acids is 2. The molecule has 12 heteroatoms. The van der Waals surface area contributed by atoms with Crippen molar-refractivity contribution >= 4 is 33.3 Å². The number of phosphoric acid groups is 1. The van der Waals surface area contributed by atoms with E-state index in [1.54, 1.807) is 6.92 Å². The molecule has 0 rings (SSSR count). The van der Waals surface area contributed by atoms with Crippen molar-refractivity contribution in [2.45, 2.75) is 103 Å². The predicted molar refractivity (Wildman–Crippen MR) is 198 cm³/mol. The van der Waals surface area contributed by atoms with Crippen molar-refractivity contribution in [3.05, 3.63) is 0 Å². The van der Waals surface area contributed by atoms with Crippen molar-refractivity contribution in [1.29, 1.82) is 0 Å². The monoisotopic (exact) mass is 710 g/mol. The van der Waals surface area contributed by atoms with Gasteiger partial charge in [-0.15, -0.1) is 0 Å². The van der Waals surface area contributed by atoms with Gasteiger partial charge in [0.2, 0.25) is 0 Å². The molecule has 1 atom stereocenters. The third-order valence-electron chi connectivity index (χ3n) is 5.33. The fourth-order valence-corrected chi connectivity index (χ4v) is 3.66. The number of hydrogen-bond acceptors (Lipinski definition) is 8. The van der Waals surface area contributed by atoms with Crippen molar-refractivity contribution in [1.82, 2.24) is 0 Å². The Labute approximate surface area is 346 Å². The number of ether oxygens (including phenoxy) is 2. The minimum absolute atomic E-state index is 0. The minimum Gasteiger partial charge on any atom is -0.790 e. The Kier molecular flexibility index (Phi) is 42.0. The molecule has 0 aliphatic heterocycles. The van der Waals surface area contributed by atoms with Gasteiger partial charge in [-0.3, -0.25) is 4.79 Å². The molecule has 0 aromatic heterocycles. The van der Waals surface area contributed by atoms with Crippen LogP contribution in [-0.4, -0.2) is 31.3 Å². The van der Waals surface area contributed by atoms with Crippen LogP contribution >= 0.6 is 21.3 Å². The van der Waals surface area contributed by atoms with Crippen LogP contribution in [0.25, 0.3) is 0 Å². The summed E-state index contributed by atoms with van der Waals surface area (Å²) in [5, 5.41) is 0. The molecule has 0 fully saturated rings. The van der Waals surface area contributed by atoms with Crippen LogP contribution in [0.1, 0.15) is 116 Å². The second-order valence-electron chi connectivity index (χ2n) is 8.97. The maximum Gasteiger partial charge on any atom is 1.00 e. The summed E-state index contributed by atoms with van der Waals surface area (Å²) in [7, 11) is -5.32. The molecule has 262 valence electrons. The van der Waals surface area contributed by atoms with Gasteiger partial charge in [0.15, 0.2) is 6.10 Å². The van der Waals surface area contributed by atoms with Gasteiger partial charge in [-0.05, 0) is 84.4 Å². The van der Waals surface area contributed by atoms with Gasteiger partial charge in [0.05, 0.1) is 14.4 Å². The van der Waals surface area contributed by atoms with Crippen molar-refractivity contribution in [3.63, 3.8) is 0 Å². The first-order chi connectivity index (χ1) is 20.8. The van der Waals surface area contributed by atoms with Gasteiger partial charge in [-0.1, -0.05) is 83.5 Å². The average molecular weight is 711 g/mol.